The van der Waals surface area contributed by atoms with E-state index in [4.69, 9.17) is 15.3 Å². The average molecular weight is 729 g/mol. The lowest BCUT2D eigenvalue weighted by molar-refractivity contribution is -0.152. The van der Waals surface area contributed by atoms with Gasteiger partial charge in [0.05, 0.1) is 0 Å². The summed E-state index contributed by atoms with van der Waals surface area (Å²) < 4.78 is 13.7. The average Bonchev–Trinajstić information content (AvgIpc) is 3.11. The maximum absolute atomic E-state index is 11.3. The van der Waals surface area contributed by atoms with Crippen molar-refractivity contribution in [3.63, 3.8) is 0 Å². The Morgan fingerprint density at radius 1 is 0.353 bits per heavy atom. The lowest BCUT2D eigenvalue weighted by Gasteiger charge is -2.34. The number of carbonyl (C=O) groups excluding carboxylic acids is 3. The van der Waals surface area contributed by atoms with E-state index in [0.717, 1.165) is 38.5 Å². The summed E-state index contributed by atoms with van der Waals surface area (Å²) in [5.41, 5.74) is 0.492. The van der Waals surface area contributed by atoms with Gasteiger partial charge in [0.15, 0.2) is 20.4 Å². The molecular weight excluding hydrogens is 648 g/mol. The number of hydrogen-bond acceptors (Lipinski definition) is 9. The van der Waals surface area contributed by atoms with Gasteiger partial charge in [-0.2, -0.15) is 0 Å². The molecule has 0 saturated heterocycles. The van der Waals surface area contributed by atoms with E-state index < -0.39 is 20.4 Å². The number of rotatable bonds is 40. The van der Waals surface area contributed by atoms with Crippen LogP contribution in [0.2, 0.25) is 0 Å². The van der Waals surface area contributed by atoms with Crippen LogP contribution in [0.1, 0.15) is 225 Å². The fourth-order valence-electron chi connectivity index (χ4n) is 7.36. The minimum atomic E-state index is -0.517. The maximum atomic E-state index is 11.3. The molecule has 0 saturated carbocycles. The highest BCUT2D eigenvalue weighted by Gasteiger charge is 2.26. The molecule has 3 N–H and O–H groups in total. The Hall–Kier alpha value is -1.71. The van der Waals surface area contributed by atoms with Crippen molar-refractivity contribution in [2.75, 3.05) is 20.4 Å². The van der Waals surface area contributed by atoms with Crippen LogP contribution in [0.15, 0.2) is 0 Å². The number of unbranched alkanes of at least 4 members (excludes halogenated alkanes) is 24. The van der Waals surface area contributed by atoms with Crippen LogP contribution in [0.3, 0.4) is 0 Å². The molecule has 0 aromatic rings. The van der Waals surface area contributed by atoms with Gasteiger partial charge in [-0.15, -0.1) is 0 Å². The summed E-state index contributed by atoms with van der Waals surface area (Å²) in [6.07, 6.45) is 39.2. The van der Waals surface area contributed by atoms with Crippen LogP contribution in [0.4, 0.5) is 0 Å². The summed E-state index contributed by atoms with van der Waals surface area (Å²) in [7, 11) is 0. The van der Waals surface area contributed by atoms with Crippen molar-refractivity contribution in [3.8, 4) is 0 Å². The molecule has 0 rings (SSSR count). The largest absolute Gasteiger partial charge is 0.439 e. The summed E-state index contributed by atoms with van der Waals surface area (Å²) >= 11 is 0. The molecule has 0 fully saturated rings. The molecule has 0 unspecified atom stereocenters. The van der Waals surface area contributed by atoms with Crippen molar-refractivity contribution in [1.29, 1.82) is 0 Å². The second-order valence-corrected chi connectivity index (χ2v) is 14.8. The first-order valence-corrected chi connectivity index (χ1v) is 21.2. The van der Waals surface area contributed by atoms with Crippen molar-refractivity contribution in [2.45, 2.75) is 225 Å². The molecular formula is C42H80O9. The third kappa shape index (κ3) is 33.8. The number of aliphatic hydroxyl groups is 3. The van der Waals surface area contributed by atoms with Gasteiger partial charge in [-0.05, 0) is 43.9 Å². The van der Waals surface area contributed by atoms with Crippen LogP contribution in [0.5, 0.6) is 0 Å². The van der Waals surface area contributed by atoms with Crippen LogP contribution in [0.25, 0.3) is 0 Å². The van der Waals surface area contributed by atoms with Crippen LogP contribution < -0.4 is 0 Å². The van der Waals surface area contributed by atoms with Gasteiger partial charge in [0.1, 0.15) is 0 Å². The third-order valence-electron chi connectivity index (χ3n) is 10.7. The summed E-state index contributed by atoms with van der Waals surface area (Å²) in [6.45, 7) is 0.875. The minimum Gasteiger partial charge on any atom is -0.439 e. The molecule has 0 radical (unpaired) electrons. The van der Waals surface area contributed by atoms with Gasteiger partial charge in [-0.1, -0.05) is 167 Å². The Morgan fingerprint density at radius 3 is 0.745 bits per heavy atom. The molecule has 0 amide bonds. The van der Waals surface area contributed by atoms with E-state index in [9.17, 15) is 14.4 Å². The summed E-state index contributed by atoms with van der Waals surface area (Å²) in [6, 6.07) is 0. The van der Waals surface area contributed by atoms with Gasteiger partial charge in [0, 0.05) is 19.3 Å². The molecule has 0 spiro atoms. The predicted octanol–water partition coefficient (Wildman–Crippen LogP) is 10.7. The molecule has 302 valence electrons. The van der Waals surface area contributed by atoms with E-state index >= 15 is 0 Å². The summed E-state index contributed by atoms with van der Waals surface area (Å²) in [5, 5.41) is 25.9. The molecule has 9 heteroatoms. The van der Waals surface area contributed by atoms with Crippen LogP contribution in [-0.4, -0.2) is 53.6 Å². The van der Waals surface area contributed by atoms with Crippen LogP contribution in [0, 0.1) is 5.41 Å². The van der Waals surface area contributed by atoms with Crippen molar-refractivity contribution in [2.24, 2.45) is 5.41 Å². The van der Waals surface area contributed by atoms with Crippen molar-refractivity contribution >= 4 is 17.9 Å². The Morgan fingerprint density at radius 2 is 0.549 bits per heavy atom. The summed E-state index contributed by atoms with van der Waals surface area (Å²) in [5.74, 6) is -0.906. The van der Waals surface area contributed by atoms with E-state index in [2.05, 4.69) is 21.1 Å². The quantitative estimate of drug-likeness (QED) is 0.0243. The highest BCUT2D eigenvalue weighted by molar-refractivity contribution is 5.69. The van der Waals surface area contributed by atoms with Crippen LogP contribution in [-0.2, 0) is 28.6 Å². The number of aliphatic hydroxyl groups excluding tert-OH is 3. The van der Waals surface area contributed by atoms with Gasteiger partial charge < -0.3 is 29.5 Å². The van der Waals surface area contributed by atoms with E-state index in [1.165, 1.54) is 161 Å². The lowest BCUT2D eigenvalue weighted by Crippen LogP contribution is -2.20. The van der Waals surface area contributed by atoms with Gasteiger partial charge in [-0.25, -0.2) is 0 Å². The highest BCUT2D eigenvalue weighted by atomic mass is 16.6. The molecule has 0 heterocycles. The van der Waals surface area contributed by atoms with Gasteiger partial charge in [-0.3, -0.25) is 14.4 Å². The molecule has 0 aliphatic heterocycles. The Bertz CT molecular complexity index is 690. The fourth-order valence-corrected chi connectivity index (χ4v) is 7.36. The molecule has 0 aliphatic rings. The van der Waals surface area contributed by atoms with Gasteiger partial charge >= 0.3 is 17.9 Å². The molecule has 0 aromatic carbocycles. The first-order valence-electron chi connectivity index (χ1n) is 21.2. The normalized spacial score (nSPS) is 11.5. The Kier molecular flexibility index (Phi) is 36.8. The monoisotopic (exact) mass is 729 g/mol. The van der Waals surface area contributed by atoms with Crippen molar-refractivity contribution < 1.29 is 43.9 Å². The van der Waals surface area contributed by atoms with Gasteiger partial charge in [0.2, 0.25) is 0 Å². The first kappa shape index (κ1) is 49.3. The Labute approximate surface area is 312 Å². The number of carbonyl (C=O) groups is 3. The lowest BCUT2D eigenvalue weighted by atomic mass is 9.72. The van der Waals surface area contributed by atoms with E-state index in [1.807, 2.05) is 0 Å². The number of hydrogen-bond donors (Lipinski definition) is 3. The highest BCUT2D eigenvalue weighted by Crippen LogP contribution is 2.40. The number of esters is 3. The molecule has 0 atom stereocenters. The zero-order chi connectivity index (χ0) is 37.5. The standard InChI is InChI=1S/C42H80O9/c1-2-42(33-27-21-15-9-3-6-12-18-24-30-39(46)49-36-43,34-28-22-16-10-4-7-13-19-25-31-40(47)50-37-44)35-29-23-17-11-5-8-14-20-26-32-41(48)51-38-45/h43-45H,2-38H2,1H3. The fraction of sp³-hybridized carbons (Fsp3) is 0.929. The van der Waals surface area contributed by atoms with E-state index in [-0.39, 0.29) is 17.9 Å². The summed E-state index contributed by atoms with van der Waals surface area (Å²) in [4.78, 5) is 33.9. The van der Waals surface area contributed by atoms with Crippen molar-refractivity contribution in [3.05, 3.63) is 0 Å². The smallest absolute Gasteiger partial charge is 0.307 e. The zero-order valence-electron chi connectivity index (χ0n) is 33.0. The SMILES string of the molecule is CCC(CCCCCCCCCCCC(=O)OCO)(CCCCCCCCCCCC(=O)OCO)CCCCCCCCCCCC(=O)OCO. The van der Waals surface area contributed by atoms with Crippen molar-refractivity contribution in [1.82, 2.24) is 0 Å². The zero-order valence-corrected chi connectivity index (χ0v) is 33.0. The molecule has 51 heavy (non-hydrogen) atoms. The van der Waals surface area contributed by atoms with E-state index in [1.54, 1.807) is 0 Å². The van der Waals surface area contributed by atoms with Crippen LogP contribution >= 0.6 is 0 Å². The predicted molar refractivity (Wildman–Crippen MR) is 205 cm³/mol. The van der Waals surface area contributed by atoms with E-state index in [0.29, 0.717) is 24.7 Å². The third-order valence-corrected chi connectivity index (χ3v) is 10.7. The van der Waals surface area contributed by atoms with Gasteiger partial charge in [0.25, 0.3) is 0 Å². The molecule has 0 bridgehead atoms. The number of ether oxygens (including phenoxy) is 3. The first-order chi connectivity index (χ1) is 24.9. The molecule has 0 aliphatic carbocycles. The Balaban J connectivity index is 4.31. The maximum Gasteiger partial charge on any atom is 0.307 e. The molecule has 0 aromatic heterocycles. The second-order valence-electron chi connectivity index (χ2n) is 14.8. The minimum absolute atomic E-state index is 0.302. The topological polar surface area (TPSA) is 140 Å². The molecule has 9 nitrogen and oxygen atoms in total. The second kappa shape index (κ2) is 38.0.